The van der Waals surface area contributed by atoms with Gasteiger partial charge in [-0.05, 0) is 49.8 Å². The van der Waals surface area contributed by atoms with E-state index in [1.54, 1.807) is 30.3 Å². The first-order valence-electron chi connectivity index (χ1n) is 8.83. The number of hydrogen-bond donors (Lipinski definition) is 1. The van der Waals surface area contributed by atoms with Crippen molar-refractivity contribution in [1.29, 1.82) is 0 Å². The Labute approximate surface area is 164 Å². The molecule has 1 amide bonds. The van der Waals surface area contributed by atoms with E-state index in [9.17, 15) is 14.4 Å². The fraction of sp³-hybridized carbons (Fsp3) is 0.227. The molecular formula is C22H23NO5. The molecule has 2 atom stereocenters. The Bertz CT molecular complexity index is 843. The lowest BCUT2D eigenvalue weighted by atomic mass is 10.1. The van der Waals surface area contributed by atoms with Gasteiger partial charge in [0.2, 0.25) is 11.7 Å². The summed E-state index contributed by atoms with van der Waals surface area (Å²) in [5.41, 5.74) is 1.27. The van der Waals surface area contributed by atoms with Gasteiger partial charge in [0.25, 0.3) is 0 Å². The van der Waals surface area contributed by atoms with E-state index in [1.807, 2.05) is 30.3 Å². The Hall–Kier alpha value is -3.41. The number of benzene rings is 2. The first-order chi connectivity index (χ1) is 13.4. The van der Waals surface area contributed by atoms with Gasteiger partial charge in [0.05, 0.1) is 7.11 Å². The number of ether oxygens (including phenoxy) is 2. The molecule has 0 bridgehead atoms. The van der Waals surface area contributed by atoms with Gasteiger partial charge in [0.1, 0.15) is 11.8 Å². The van der Waals surface area contributed by atoms with Crippen molar-refractivity contribution >= 4 is 23.7 Å². The maximum atomic E-state index is 12.4. The van der Waals surface area contributed by atoms with E-state index in [0.29, 0.717) is 11.3 Å². The summed E-state index contributed by atoms with van der Waals surface area (Å²) in [4.78, 5) is 36.5. The van der Waals surface area contributed by atoms with Crippen LogP contribution in [0.25, 0.3) is 6.08 Å². The quantitative estimate of drug-likeness (QED) is 0.432. The molecule has 0 saturated carbocycles. The molecule has 0 aliphatic carbocycles. The van der Waals surface area contributed by atoms with E-state index in [4.69, 9.17) is 9.47 Å². The summed E-state index contributed by atoms with van der Waals surface area (Å²) in [6, 6.07) is 14.9. The molecule has 0 heterocycles. The van der Waals surface area contributed by atoms with Crippen LogP contribution >= 0.6 is 0 Å². The molecule has 2 aromatic rings. The van der Waals surface area contributed by atoms with Crippen LogP contribution in [0.2, 0.25) is 0 Å². The SMILES string of the molecule is COc1ccc(C(=O)[C@@H](C)OC(=O)[C@H](C)NC(=O)/C=C/c2ccccc2)cc1. The Morgan fingerprint density at radius 2 is 1.61 bits per heavy atom. The zero-order chi connectivity index (χ0) is 20.5. The van der Waals surface area contributed by atoms with Crippen LogP contribution in [0.1, 0.15) is 29.8 Å². The maximum absolute atomic E-state index is 12.4. The largest absolute Gasteiger partial charge is 0.497 e. The number of Topliss-reactive ketones (excluding diaryl/α,β-unsaturated/α-hetero) is 1. The third kappa shape index (κ3) is 6.09. The van der Waals surface area contributed by atoms with Crippen LogP contribution in [-0.4, -0.2) is 36.9 Å². The summed E-state index contributed by atoms with van der Waals surface area (Å²) in [7, 11) is 1.53. The molecule has 0 spiro atoms. The van der Waals surface area contributed by atoms with E-state index in [0.717, 1.165) is 5.56 Å². The van der Waals surface area contributed by atoms with Crippen molar-refractivity contribution in [3.8, 4) is 5.75 Å². The summed E-state index contributed by atoms with van der Waals surface area (Å²) in [6.07, 6.45) is 2.01. The third-order valence-corrected chi connectivity index (χ3v) is 3.98. The van der Waals surface area contributed by atoms with Crippen molar-refractivity contribution < 1.29 is 23.9 Å². The Morgan fingerprint density at radius 3 is 2.21 bits per heavy atom. The number of nitrogens with one attached hydrogen (secondary N) is 1. The van der Waals surface area contributed by atoms with Crippen molar-refractivity contribution in [2.24, 2.45) is 0 Å². The van der Waals surface area contributed by atoms with Crippen molar-refractivity contribution in [2.45, 2.75) is 26.0 Å². The van der Waals surface area contributed by atoms with E-state index in [-0.39, 0.29) is 5.78 Å². The van der Waals surface area contributed by atoms with Gasteiger partial charge in [0.15, 0.2) is 6.10 Å². The first-order valence-corrected chi connectivity index (χ1v) is 8.83. The smallest absolute Gasteiger partial charge is 0.329 e. The van der Waals surface area contributed by atoms with Crippen LogP contribution < -0.4 is 10.1 Å². The molecule has 0 aliphatic rings. The van der Waals surface area contributed by atoms with E-state index >= 15 is 0 Å². The number of ketones is 1. The van der Waals surface area contributed by atoms with Crippen LogP contribution in [0.5, 0.6) is 5.75 Å². The molecule has 6 nitrogen and oxygen atoms in total. The van der Waals surface area contributed by atoms with Crippen molar-refractivity contribution in [3.63, 3.8) is 0 Å². The molecule has 28 heavy (non-hydrogen) atoms. The highest BCUT2D eigenvalue weighted by Crippen LogP contribution is 2.14. The van der Waals surface area contributed by atoms with Gasteiger partial charge in [-0.1, -0.05) is 30.3 Å². The number of esters is 1. The number of carbonyl (C=O) groups excluding carboxylic acids is 3. The van der Waals surface area contributed by atoms with Gasteiger partial charge in [-0.3, -0.25) is 9.59 Å². The zero-order valence-electron chi connectivity index (χ0n) is 16.0. The predicted molar refractivity (Wildman–Crippen MR) is 106 cm³/mol. The topological polar surface area (TPSA) is 81.7 Å². The molecular weight excluding hydrogens is 358 g/mol. The van der Waals surface area contributed by atoms with Gasteiger partial charge in [-0.25, -0.2) is 4.79 Å². The predicted octanol–water partition coefficient (Wildman–Crippen LogP) is 3.03. The standard InChI is InChI=1S/C22H23NO5/c1-15(23-20(24)14-9-17-7-5-4-6-8-17)22(26)28-16(2)21(25)18-10-12-19(27-3)13-11-18/h4-16H,1-3H3,(H,23,24)/b14-9+/t15-,16+/m0/s1. The lowest BCUT2D eigenvalue weighted by molar-refractivity contribution is -0.149. The van der Waals surface area contributed by atoms with Gasteiger partial charge >= 0.3 is 5.97 Å². The van der Waals surface area contributed by atoms with E-state index in [1.165, 1.54) is 27.0 Å². The number of hydrogen-bond acceptors (Lipinski definition) is 5. The molecule has 1 N–H and O–H groups in total. The Kier molecular flexibility index (Phi) is 7.51. The van der Waals surface area contributed by atoms with Crippen molar-refractivity contribution in [1.82, 2.24) is 5.32 Å². The van der Waals surface area contributed by atoms with E-state index < -0.39 is 24.0 Å². The van der Waals surface area contributed by atoms with Crippen LogP contribution in [0, 0.1) is 0 Å². The summed E-state index contributed by atoms with van der Waals surface area (Å²) in [6.45, 7) is 3.00. The molecule has 146 valence electrons. The summed E-state index contributed by atoms with van der Waals surface area (Å²) >= 11 is 0. The molecule has 2 rings (SSSR count). The molecule has 0 saturated heterocycles. The molecule has 0 radical (unpaired) electrons. The van der Waals surface area contributed by atoms with E-state index in [2.05, 4.69) is 5.32 Å². The summed E-state index contributed by atoms with van der Waals surface area (Å²) in [5, 5.41) is 2.52. The van der Waals surface area contributed by atoms with Crippen molar-refractivity contribution in [3.05, 3.63) is 71.8 Å². The lowest BCUT2D eigenvalue weighted by Crippen LogP contribution is -2.41. The fourth-order valence-electron chi connectivity index (χ4n) is 2.38. The van der Waals surface area contributed by atoms with Crippen LogP contribution in [0.4, 0.5) is 0 Å². The zero-order valence-corrected chi connectivity index (χ0v) is 16.0. The van der Waals surface area contributed by atoms with Gasteiger partial charge < -0.3 is 14.8 Å². The van der Waals surface area contributed by atoms with Crippen molar-refractivity contribution in [2.75, 3.05) is 7.11 Å². The first kappa shape index (κ1) is 20.9. The highest BCUT2D eigenvalue weighted by molar-refractivity contribution is 6.00. The monoisotopic (exact) mass is 381 g/mol. The maximum Gasteiger partial charge on any atom is 0.329 e. The highest BCUT2D eigenvalue weighted by Gasteiger charge is 2.23. The highest BCUT2D eigenvalue weighted by atomic mass is 16.5. The Morgan fingerprint density at radius 1 is 0.964 bits per heavy atom. The molecule has 6 heteroatoms. The molecule has 0 fully saturated rings. The van der Waals surface area contributed by atoms with Crippen LogP contribution in [-0.2, 0) is 14.3 Å². The van der Waals surface area contributed by atoms with Crippen LogP contribution in [0.3, 0.4) is 0 Å². The fourth-order valence-corrected chi connectivity index (χ4v) is 2.38. The minimum absolute atomic E-state index is 0.335. The molecule has 2 aromatic carbocycles. The number of rotatable bonds is 8. The second-order valence-electron chi connectivity index (χ2n) is 6.15. The number of carbonyl (C=O) groups is 3. The third-order valence-electron chi connectivity index (χ3n) is 3.98. The number of methoxy groups -OCH3 is 1. The molecule has 0 unspecified atom stereocenters. The van der Waals surface area contributed by atoms with Gasteiger partial charge in [-0.15, -0.1) is 0 Å². The Balaban J connectivity index is 1.87. The second kappa shape index (κ2) is 10.1. The minimum atomic E-state index is -0.972. The summed E-state index contributed by atoms with van der Waals surface area (Å²) < 4.78 is 10.2. The van der Waals surface area contributed by atoms with Gasteiger partial charge in [-0.2, -0.15) is 0 Å². The average Bonchev–Trinajstić information content (AvgIpc) is 2.72. The molecule has 0 aromatic heterocycles. The second-order valence-corrected chi connectivity index (χ2v) is 6.15. The number of amides is 1. The summed E-state index contributed by atoms with van der Waals surface area (Å²) in [5.74, 6) is -0.821. The van der Waals surface area contributed by atoms with Crippen LogP contribution in [0.15, 0.2) is 60.7 Å². The van der Waals surface area contributed by atoms with Gasteiger partial charge in [0, 0.05) is 11.6 Å². The minimum Gasteiger partial charge on any atom is -0.497 e. The molecule has 0 aliphatic heterocycles. The lowest BCUT2D eigenvalue weighted by Gasteiger charge is -2.16. The average molecular weight is 381 g/mol. The normalized spacial score (nSPS) is 12.8.